The first-order chi connectivity index (χ1) is 16.1. The summed E-state index contributed by atoms with van der Waals surface area (Å²) in [5.41, 5.74) is 3.20. The summed E-state index contributed by atoms with van der Waals surface area (Å²) >= 11 is 0. The lowest BCUT2D eigenvalue weighted by Gasteiger charge is -2.35. The van der Waals surface area contributed by atoms with Crippen LogP contribution in [0.25, 0.3) is 0 Å². The van der Waals surface area contributed by atoms with Crippen LogP contribution in [0.3, 0.4) is 0 Å². The van der Waals surface area contributed by atoms with Crippen LogP contribution in [0, 0.1) is 0 Å². The lowest BCUT2D eigenvalue weighted by Crippen LogP contribution is -2.44. The summed E-state index contributed by atoms with van der Waals surface area (Å²) in [6, 6.07) is 18.1. The summed E-state index contributed by atoms with van der Waals surface area (Å²) in [4.78, 5) is 19.4. The molecule has 0 radical (unpaired) electrons. The lowest BCUT2D eigenvalue weighted by molar-refractivity contribution is -0.0704. The van der Waals surface area contributed by atoms with Crippen LogP contribution in [-0.4, -0.2) is 45.8 Å². The molecule has 0 spiro atoms. The van der Waals surface area contributed by atoms with E-state index >= 15 is 0 Å². The topological polar surface area (TPSA) is 71.4 Å². The van der Waals surface area contributed by atoms with Crippen LogP contribution in [0.4, 0.5) is 10.5 Å². The number of urea groups is 1. The van der Waals surface area contributed by atoms with Gasteiger partial charge in [0.25, 0.3) is 0 Å². The molecule has 4 rings (SSSR count). The first-order valence-electron chi connectivity index (χ1n) is 11.6. The number of hydrogen-bond donors (Lipinski definition) is 2. The molecule has 7 nitrogen and oxygen atoms in total. The standard InChI is InChI=1S/C26H33N5O2/c1-20-17-30(18-21(2)33-20)19-23-10-6-7-11-24(23)29-26(32)28-16-25-27-13-15-31(25)14-12-22-8-4-3-5-9-22/h3-11,13,15,20-21H,12,14,16-19H2,1-2H3,(H2,28,29,32)/t20-,21-/m1/s1. The van der Waals surface area contributed by atoms with Crippen LogP contribution in [0.2, 0.25) is 0 Å². The van der Waals surface area contributed by atoms with Gasteiger partial charge < -0.3 is 19.9 Å². The van der Waals surface area contributed by atoms with E-state index in [0.717, 1.165) is 49.7 Å². The molecule has 174 valence electrons. The zero-order valence-corrected chi connectivity index (χ0v) is 19.4. The van der Waals surface area contributed by atoms with Crippen LogP contribution < -0.4 is 10.6 Å². The number of imidazole rings is 1. The highest BCUT2D eigenvalue weighted by Gasteiger charge is 2.22. The number of ether oxygens (including phenoxy) is 1. The quantitative estimate of drug-likeness (QED) is 0.546. The molecular weight excluding hydrogens is 414 g/mol. The SMILES string of the molecule is C[C@@H]1CN(Cc2ccccc2NC(=O)NCc2nccn2CCc2ccccc2)C[C@@H](C)O1. The monoisotopic (exact) mass is 447 g/mol. The average Bonchev–Trinajstić information content (AvgIpc) is 3.25. The molecule has 1 aliphatic rings. The van der Waals surface area contributed by atoms with Crippen molar-refractivity contribution < 1.29 is 9.53 Å². The number of rotatable bonds is 8. The highest BCUT2D eigenvalue weighted by molar-refractivity contribution is 5.90. The van der Waals surface area contributed by atoms with E-state index in [1.807, 2.05) is 42.6 Å². The number of carbonyl (C=O) groups excluding carboxylic acids is 1. The fraction of sp³-hybridized carbons (Fsp3) is 0.385. The predicted molar refractivity (Wildman–Crippen MR) is 130 cm³/mol. The van der Waals surface area contributed by atoms with Crippen LogP contribution in [0.1, 0.15) is 30.8 Å². The van der Waals surface area contributed by atoms with Crippen LogP contribution in [0.5, 0.6) is 0 Å². The molecule has 0 unspecified atom stereocenters. The number of aromatic nitrogens is 2. The molecule has 0 bridgehead atoms. The van der Waals surface area contributed by atoms with Crippen molar-refractivity contribution in [2.75, 3.05) is 18.4 Å². The Bertz CT molecular complexity index is 1030. The molecule has 0 aliphatic carbocycles. The Kier molecular flexibility index (Phi) is 7.75. The van der Waals surface area contributed by atoms with E-state index in [4.69, 9.17) is 4.74 Å². The Balaban J connectivity index is 1.31. The molecule has 2 aromatic carbocycles. The van der Waals surface area contributed by atoms with Gasteiger partial charge in [-0.15, -0.1) is 0 Å². The Morgan fingerprint density at radius 1 is 1.06 bits per heavy atom. The van der Waals surface area contributed by atoms with Crippen molar-refractivity contribution in [2.24, 2.45) is 0 Å². The number of aryl methyl sites for hydroxylation is 2. The second-order valence-corrected chi connectivity index (χ2v) is 8.69. The van der Waals surface area contributed by atoms with Crippen LogP contribution >= 0.6 is 0 Å². The molecule has 1 saturated heterocycles. The van der Waals surface area contributed by atoms with Gasteiger partial charge in [-0.2, -0.15) is 0 Å². The van der Waals surface area contributed by atoms with Crippen molar-refractivity contribution in [3.8, 4) is 0 Å². The van der Waals surface area contributed by atoms with E-state index in [0.29, 0.717) is 6.54 Å². The van der Waals surface area contributed by atoms with Gasteiger partial charge in [0.2, 0.25) is 0 Å². The molecule has 7 heteroatoms. The van der Waals surface area contributed by atoms with E-state index in [1.54, 1.807) is 6.20 Å². The summed E-state index contributed by atoms with van der Waals surface area (Å²) in [5.74, 6) is 0.839. The maximum absolute atomic E-state index is 12.7. The van der Waals surface area contributed by atoms with E-state index in [-0.39, 0.29) is 18.2 Å². The van der Waals surface area contributed by atoms with E-state index in [2.05, 4.69) is 57.1 Å². The fourth-order valence-corrected chi connectivity index (χ4v) is 4.37. The van der Waals surface area contributed by atoms with Gasteiger partial charge in [-0.1, -0.05) is 48.5 Å². The number of nitrogens with zero attached hydrogens (tertiary/aromatic N) is 3. The number of hydrogen-bond acceptors (Lipinski definition) is 4. The van der Waals surface area contributed by atoms with E-state index in [9.17, 15) is 4.79 Å². The predicted octanol–water partition coefficient (Wildman–Crippen LogP) is 4.06. The summed E-state index contributed by atoms with van der Waals surface area (Å²) in [5, 5.41) is 5.97. The molecule has 2 amide bonds. The van der Waals surface area contributed by atoms with Gasteiger partial charge in [-0.25, -0.2) is 9.78 Å². The largest absolute Gasteiger partial charge is 0.373 e. The van der Waals surface area contributed by atoms with Gasteiger partial charge in [0.15, 0.2) is 0 Å². The van der Waals surface area contributed by atoms with Crippen LogP contribution in [-0.2, 0) is 30.8 Å². The molecule has 3 aromatic rings. The number of amides is 2. The van der Waals surface area contributed by atoms with Crippen molar-refractivity contribution in [2.45, 2.75) is 52.1 Å². The summed E-state index contributed by atoms with van der Waals surface area (Å²) in [6.07, 6.45) is 5.07. The summed E-state index contributed by atoms with van der Waals surface area (Å²) in [7, 11) is 0. The molecule has 2 heterocycles. The molecule has 0 saturated carbocycles. The van der Waals surface area contributed by atoms with E-state index in [1.165, 1.54) is 5.56 Å². The molecule has 2 atom stereocenters. The fourth-order valence-electron chi connectivity index (χ4n) is 4.37. The summed E-state index contributed by atoms with van der Waals surface area (Å²) < 4.78 is 7.92. The lowest BCUT2D eigenvalue weighted by atomic mass is 10.1. The number of morpholine rings is 1. The second kappa shape index (κ2) is 11.1. The van der Waals surface area contributed by atoms with Crippen molar-refractivity contribution in [3.05, 3.63) is 83.9 Å². The van der Waals surface area contributed by atoms with Gasteiger partial charge in [0.1, 0.15) is 5.82 Å². The van der Waals surface area contributed by atoms with Gasteiger partial charge in [-0.05, 0) is 37.5 Å². The van der Waals surface area contributed by atoms with Gasteiger partial charge in [0, 0.05) is 44.3 Å². The van der Waals surface area contributed by atoms with Crippen molar-refractivity contribution in [1.29, 1.82) is 0 Å². The first kappa shape index (κ1) is 23.0. The minimum absolute atomic E-state index is 0.211. The van der Waals surface area contributed by atoms with Crippen molar-refractivity contribution in [3.63, 3.8) is 0 Å². The van der Waals surface area contributed by atoms with Crippen LogP contribution in [0.15, 0.2) is 67.0 Å². The molecule has 2 N–H and O–H groups in total. The van der Waals surface area contributed by atoms with Crippen molar-refractivity contribution in [1.82, 2.24) is 19.8 Å². The zero-order valence-electron chi connectivity index (χ0n) is 19.4. The molecule has 1 aliphatic heterocycles. The highest BCUT2D eigenvalue weighted by atomic mass is 16.5. The van der Waals surface area contributed by atoms with E-state index < -0.39 is 0 Å². The van der Waals surface area contributed by atoms with Gasteiger partial charge >= 0.3 is 6.03 Å². The number of para-hydroxylation sites is 1. The average molecular weight is 448 g/mol. The minimum atomic E-state index is -0.233. The smallest absolute Gasteiger partial charge is 0.319 e. The third-order valence-corrected chi connectivity index (χ3v) is 5.85. The second-order valence-electron chi connectivity index (χ2n) is 8.69. The summed E-state index contributed by atoms with van der Waals surface area (Å²) in [6.45, 7) is 7.94. The maximum atomic E-state index is 12.7. The Morgan fingerprint density at radius 3 is 2.58 bits per heavy atom. The molecular formula is C26H33N5O2. The highest BCUT2D eigenvalue weighted by Crippen LogP contribution is 2.20. The number of anilines is 1. The van der Waals surface area contributed by atoms with Gasteiger partial charge in [0.05, 0.1) is 18.8 Å². The number of carbonyl (C=O) groups is 1. The minimum Gasteiger partial charge on any atom is -0.373 e. The third kappa shape index (κ3) is 6.66. The first-order valence-corrected chi connectivity index (χ1v) is 11.6. The molecule has 1 aromatic heterocycles. The number of nitrogens with one attached hydrogen (secondary N) is 2. The Hall–Kier alpha value is -3.16. The Morgan fingerprint density at radius 2 is 1.79 bits per heavy atom. The third-order valence-electron chi connectivity index (χ3n) is 5.85. The van der Waals surface area contributed by atoms with Crippen molar-refractivity contribution >= 4 is 11.7 Å². The molecule has 33 heavy (non-hydrogen) atoms. The normalized spacial score (nSPS) is 18.7. The number of benzene rings is 2. The van der Waals surface area contributed by atoms with Gasteiger partial charge in [-0.3, -0.25) is 4.90 Å². The molecule has 1 fully saturated rings. The zero-order chi connectivity index (χ0) is 23.0. The maximum Gasteiger partial charge on any atom is 0.319 e. The Labute approximate surface area is 195 Å².